The highest BCUT2D eigenvalue weighted by atomic mass is 32.2. The van der Waals surface area contributed by atoms with Crippen molar-refractivity contribution in [2.75, 3.05) is 19.6 Å². The van der Waals surface area contributed by atoms with E-state index >= 15 is 0 Å². The fraction of sp³-hybridized carbons (Fsp3) is 0. The summed E-state index contributed by atoms with van der Waals surface area (Å²) < 4.78 is 0. The average Bonchev–Trinajstić information content (AvgIpc) is 0.697. The summed E-state index contributed by atoms with van der Waals surface area (Å²) in [5.74, 6) is 0. The number of rotatable bonds is 12. The summed E-state index contributed by atoms with van der Waals surface area (Å²) in [7, 11) is 0. The number of pyridine rings is 2. The van der Waals surface area contributed by atoms with Crippen LogP contribution in [0.3, 0.4) is 0 Å². The highest BCUT2D eigenvalue weighted by Crippen LogP contribution is 2.49. The van der Waals surface area contributed by atoms with E-state index in [-0.39, 0.29) is 13.4 Å². The molecule has 0 unspecified atom stereocenters. The van der Waals surface area contributed by atoms with E-state index in [0.29, 0.717) is 0 Å². The van der Waals surface area contributed by atoms with Crippen LogP contribution in [0.15, 0.2) is 355 Å². The Bertz CT molecular complexity index is 4470. The quantitative estimate of drug-likeness (QED) is 0.110. The molecule has 0 saturated carbocycles. The first-order valence-corrected chi connectivity index (χ1v) is 34.2. The molecular formula is C80H52B2N6S4. The van der Waals surface area contributed by atoms with E-state index in [1.807, 2.05) is 23.5 Å². The Kier molecular flexibility index (Phi) is 13.7. The van der Waals surface area contributed by atoms with Gasteiger partial charge in [0, 0.05) is 97.6 Å². The molecule has 92 heavy (non-hydrogen) atoms. The van der Waals surface area contributed by atoms with Gasteiger partial charge in [-0.3, -0.25) is 0 Å². The fourth-order valence-electron chi connectivity index (χ4n) is 13.8. The Morgan fingerprint density at radius 1 is 0.217 bits per heavy atom. The standard InChI is InChI=1S/C80H52B2N6S4/c1-9-25-53(26-10-1)85(54-27-11-2-12-28-54)61-41-45-69-65(49-61)81-67-51-63(87(57-33-17-5-18-34-57)58-35-19-6-20-36-58)43-47-71(67)91-79-73(81)77(89-69)75-76(83-79)78-74-80(84-75)92-72-48-44-64(88(59-37-21-7-22-38-59)60-39-23-8-24-40-60)52-68(72)82(74)66-50-62(42-46-70(66)90-78)86(55-29-13-3-14-30-55)56-31-15-4-16-32-56/h1-52H. The Labute approximate surface area is 552 Å². The van der Waals surface area contributed by atoms with E-state index < -0.39 is 0 Å². The minimum atomic E-state index is -0.166. The maximum atomic E-state index is 6.03. The van der Waals surface area contributed by atoms with Gasteiger partial charge in [-0.25, -0.2) is 9.97 Å². The van der Waals surface area contributed by atoms with Gasteiger partial charge < -0.3 is 19.6 Å². The Morgan fingerprint density at radius 2 is 0.424 bits per heavy atom. The van der Waals surface area contributed by atoms with Crippen molar-refractivity contribution in [3.05, 3.63) is 315 Å². The minimum Gasteiger partial charge on any atom is -0.311 e. The Morgan fingerprint density at radius 3 is 0.641 bits per heavy atom. The molecule has 4 aliphatic heterocycles. The molecule has 6 heterocycles. The topological polar surface area (TPSA) is 38.7 Å². The van der Waals surface area contributed by atoms with Gasteiger partial charge in [0.15, 0.2) is 0 Å². The number of fused-ring (bicyclic) bond motifs is 11. The molecule has 0 N–H and O–H groups in total. The van der Waals surface area contributed by atoms with E-state index in [4.69, 9.17) is 9.97 Å². The fourth-order valence-corrected chi connectivity index (χ4v) is 18.6. The highest BCUT2D eigenvalue weighted by molar-refractivity contribution is 8.02. The molecule has 6 nitrogen and oxygen atoms in total. The number of nitrogens with zero attached hydrogens (tertiary/aromatic N) is 6. The lowest BCUT2D eigenvalue weighted by Gasteiger charge is -2.37. The first-order valence-electron chi connectivity index (χ1n) is 30.9. The first-order chi connectivity index (χ1) is 45.6. The zero-order valence-corrected chi connectivity index (χ0v) is 52.8. The van der Waals surface area contributed by atoms with Crippen LogP contribution in [0.25, 0.3) is 11.0 Å². The molecule has 0 spiro atoms. The van der Waals surface area contributed by atoms with Crippen LogP contribution in [0.2, 0.25) is 0 Å². The maximum Gasteiger partial charge on any atom is 0.249 e. The monoisotopic (exact) mass is 1250 g/mol. The third kappa shape index (κ3) is 9.42. The maximum absolute atomic E-state index is 6.03. The van der Waals surface area contributed by atoms with Crippen LogP contribution in [0.1, 0.15) is 0 Å². The minimum absolute atomic E-state index is 0.166. The van der Waals surface area contributed by atoms with Gasteiger partial charge in [-0.05, 0) is 181 Å². The molecule has 0 saturated heterocycles. The van der Waals surface area contributed by atoms with E-state index in [1.54, 1.807) is 23.5 Å². The zero-order valence-electron chi connectivity index (χ0n) is 49.5. The van der Waals surface area contributed by atoms with Crippen LogP contribution in [0.5, 0.6) is 0 Å². The van der Waals surface area contributed by atoms with Crippen molar-refractivity contribution in [1.82, 2.24) is 9.97 Å². The largest absolute Gasteiger partial charge is 0.311 e. The lowest BCUT2D eigenvalue weighted by atomic mass is 9.36. The van der Waals surface area contributed by atoms with Crippen molar-refractivity contribution in [2.45, 2.75) is 39.4 Å². The van der Waals surface area contributed by atoms with E-state index in [9.17, 15) is 0 Å². The van der Waals surface area contributed by atoms with Crippen molar-refractivity contribution in [2.24, 2.45) is 0 Å². The summed E-state index contributed by atoms with van der Waals surface area (Å²) in [6, 6.07) is 114. The number of anilines is 12. The molecule has 14 aromatic rings. The smallest absolute Gasteiger partial charge is 0.249 e. The lowest BCUT2D eigenvalue weighted by molar-refractivity contribution is 1.09. The third-order valence-electron chi connectivity index (χ3n) is 17.8. The van der Waals surface area contributed by atoms with Gasteiger partial charge in [-0.15, -0.1) is 0 Å². The number of para-hydroxylation sites is 8. The van der Waals surface area contributed by atoms with Crippen molar-refractivity contribution in [3.63, 3.8) is 0 Å². The number of benzene rings is 12. The van der Waals surface area contributed by atoms with Crippen LogP contribution < -0.4 is 52.4 Å². The molecule has 12 aromatic carbocycles. The molecule has 0 amide bonds. The van der Waals surface area contributed by atoms with Crippen molar-refractivity contribution < 1.29 is 0 Å². The van der Waals surface area contributed by atoms with E-state index in [1.165, 1.54) is 62.1 Å². The highest BCUT2D eigenvalue weighted by Gasteiger charge is 2.45. The first kappa shape index (κ1) is 54.8. The summed E-state index contributed by atoms with van der Waals surface area (Å²) in [5, 5.41) is 2.05. The predicted octanol–water partition coefficient (Wildman–Crippen LogP) is 18.4. The van der Waals surface area contributed by atoms with Gasteiger partial charge in [-0.1, -0.05) is 214 Å². The summed E-state index contributed by atoms with van der Waals surface area (Å²) in [6.45, 7) is -0.332. The second-order valence-electron chi connectivity index (χ2n) is 23.2. The Hall–Kier alpha value is -10.1. The Balaban J connectivity index is 0.857. The molecule has 0 fully saturated rings. The zero-order chi connectivity index (χ0) is 60.6. The van der Waals surface area contributed by atoms with Crippen molar-refractivity contribution in [3.8, 4) is 0 Å². The second-order valence-corrected chi connectivity index (χ2v) is 27.4. The summed E-state index contributed by atoms with van der Waals surface area (Å²) in [6.07, 6.45) is 0. The second kappa shape index (κ2) is 23.0. The molecule has 12 heteroatoms. The van der Waals surface area contributed by atoms with Gasteiger partial charge in [0.25, 0.3) is 0 Å². The van der Waals surface area contributed by atoms with Crippen LogP contribution in [-0.4, -0.2) is 23.4 Å². The number of aromatic nitrogens is 2. The van der Waals surface area contributed by atoms with Crippen LogP contribution in [0.4, 0.5) is 68.2 Å². The number of hydrogen-bond donors (Lipinski definition) is 0. The summed E-state index contributed by atoms with van der Waals surface area (Å²) >= 11 is 7.32. The van der Waals surface area contributed by atoms with Gasteiger partial charge in [0.2, 0.25) is 13.4 Å². The molecule has 0 bridgehead atoms. The molecule has 432 valence electrons. The normalized spacial score (nSPS) is 12.8. The summed E-state index contributed by atoms with van der Waals surface area (Å²) in [5.41, 5.74) is 22.5. The molecule has 4 aliphatic rings. The predicted molar refractivity (Wildman–Crippen MR) is 390 cm³/mol. The molecule has 2 aromatic heterocycles. The van der Waals surface area contributed by atoms with E-state index in [0.717, 1.165) is 89.3 Å². The van der Waals surface area contributed by atoms with Gasteiger partial charge in [0.1, 0.15) is 11.0 Å². The number of hydrogen-bond acceptors (Lipinski definition) is 10. The van der Waals surface area contributed by atoms with Gasteiger partial charge >= 0.3 is 0 Å². The molecule has 0 radical (unpaired) electrons. The van der Waals surface area contributed by atoms with Crippen LogP contribution in [0, 0.1) is 0 Å². The van der Waals surface area contributed by atoms with Crippen LogP contribution in [-0.2, 0) is 0 Å². The summed E-state index contributed by atoms with van der Waals surface area (Å²) in [4.78, 5) is 28.7. The molecule has 0 atom stereocenters. The third-order valence-corrected chi connectivity index (χ3v) is 22.4. The van der Waals surface area contributed by atoms with Crippen molar-refractivity contribution in [1.29, 1.82) is 0 Å². The molecular weight excluding hydrogens is 1190 g/mol. The molecule has 18 rings (SSSR count). The van der Waals surface area contributed by atoms with Gasteiger partial charge in [-0.2, -0.15) is 0 Å². The van der Waals surface area contributed by atoms with Crippen LogP contribution >= 0.6 is 47.0 Å². The SMILES string of the molecule is c1ccc(N(c2ccccc2)c2ccc3c(c2)B2c4cc(N(c5ccccc5)c5ccccc5)ccc4Sc4c2c(nc2c5c6c(nc42)Sc2ccc(N(c4ccccc4)c4ccccc4)cc2B6c2cc(N(c4ccccc4)c4ccccc4)ccc2S5)S3)cc1. The molecule has 0 aliphatic carbocycles. The lowest BCUT2D eigenvalue weighted by Crippen LogP contribution is -2.59. The average molecular weight is 1250 g/mol. The van der Waals surface area contributed by atoms with E-state index in [2.05, 4.69) is 335 Å². The van der Waals surface area contributed by atoms with Crippen molar-refractivity contribution >= 4 is 173 Å². The van der Waals surface area contributed by atoms with Gasteiger partial charge in [0.05, 0.1) is 10.1 Å².